The zero-order chi connectivity index (χ0) is 19.8. The number of hydrogen-bond acceptors (Lipinski definition) is 4. The van der Waals surface area contributed by atoms with Gasteiger partial charge in [-0.3, -0.25) is 4.79 Å². The summed E-state index contributed by atoms with van der Waals surface area (Å²) in [4.78, 5) is 15.2. The maximum Gasteiger partial charge on any atom is 0.254 e. The van der Waals surface area contributed by atoms with Crippen LogP contribution in [-0.2, 0) is 11.2 Å². The van der Waals surface area contributed by atoms with Crippen LogP contribution >= 0.6 is 0 Å². The van der Waals surface area contributed by atoms with E-state index >= 15 is 0 Å². The molecular weight excluding hydrogens is 354 g/mol. The van der Waals surface area contributed by atoms with Crippen LogP contribution in [0.25, 0.3) is 0 Å². The van der Waals surface area contributed by atoms with E-state index in [0.717, 1.165) is 24.0 Å². The molecule has 4 rings (SSSR count). The number of allylic oxidation sites excluding steroid dienone is 1. The third-order valence-electron chi connectivity index (χ3n) is 5.89. The smallest absolute Gasteiger partial charge is 0.254 e. The van der Waals surface area contributed by atoms with Crippen LogP contribution in [0.1, 0.15) is 42.0 Å². The van der Waals surface area contributed by atoms with Gasteiger partial charge in [-0.15, -0.1) is 0 Å². The van der Waals surface area contributed by atoms with Crippen molar-refractivity contribution in [3.63, 3.8) is 0 Å². The summed E-state index contributed by atoms with van der Waals surface area (Å²) in [5, 5.41) is 10.3. The highest BCUT2D eigenvalue weighted by Crippen LogP contribution is 2.48. The normalized spacial score (nSPS) is 23.0. The number of fused-ring (bicyclic) bond motifs is 3. The Morgan fingerprint density at radius 3 is 2.43 bits per heavy atom. The summed E-state index contributed by atoms with van der Waals surface area (Å²) < 4.78 is 11.0. The van der Waals surface area contributed by atoms with E-state index in [-0.39, 0.29) is 23.6 Å². The average Bonchev–Trinajstić information content (AvgIpc) is 2.72. The molecule has 28 heavy (non-hydrogen) atoms. The Labute approximate surface area is 165 Å². The highest BCUT2D eigenvalue weighted by molar-refractivity contribution is 5.97. The standard InChI is InChI=1S/C23H25NO4/c1-14(25)22-18(15-7-5-4-6-8-15)12-19-17-13-21(28-3)20(27-2)11-16(17)9-10-24(19)23(22)26/h4-8,11,13,18-19,25H,9-10,12H2,1-3H3/b22-14-/t18-,19-/m0/s1. The molecule has 2 atom stereocenters. The van der Waals surface area contributed by atoms with Crippen molar-refractivity contribution in [3.8, 4) is 11.5 Å². The van der Waals surface area contributed by atoms with Crippen LogP contribution in [0.4, 0.5) is 0 Å². The van der Waals surface area contributed by atoms with Crippen LogP contribution in [0.15, 0.2) is 53.8 Å². The molecule has 0 radical (unpaired) electrons. The Balaban J connectivity index is 1.82. The van der Waals surface area contributed by atoms with Crippen LogP contribution in [-0.4, -0.2) is 36.7 Å². The van der Waals surface area contributed by atoms with Crippen molar-refractivity contribution < 1.29 is 19.4 Å². The largest absolute Gasteiger partial charge is 0.512 e. The minimum absolute atomic E-state index is 0.0515. The first kappa shape index (κ1) is 18.4. The second kappa shape index (κ2) is 7.23. The summed E-state index contributed by atoms with van der Waals surface area (Å²) in [7, 11) is 3.26. The number of aliphatic hydroxyl groups excluding tert-OH is 1. The third-order valence-corrected chi connectivity index (χ3v) is 5.89. The Morgan fingerprint density at radius 2 is 1.79 bits per heavy atom. The minimum atomic E-state index is -0.140. The van der Waals surface area contributed by atoms with Crippen LogP contribution in [0, 0.1) is 0 Å². The van der Waals surface area contributed by atoms with Gasteiger partial charge in [-0.05, 0) is 48.6 Å². The number of carbonyl (C=O) groups excluding carboxylic acids is 1. The van der Waals surface area contributed by atoms with Crippen LogP contribution in [0.3, 0.4) is 0 Å². The van der Waals surface area contributed by atoms with Gasteiger partial charge in [0, 0.05) is 12.5 Å². The van der Waals surface area contributed by atoms with E-state index in [1.54, 1.807) is 21.1 Å². The van der Waals surface area contributed by atoms with E-state index in [1.165, 1.54) is 5.56 Å². The molecule has 0 bridgehead atoms. The monoisotopic (exact) mass is 379 g/mol. The summed E-state index contributed by atoms with van der Waals surface area (Å²) in [6.45, 7) is 2.24. The molecular formula is C23H25NO4. The number of ether oxygens (including phenoxy) is 2. The molecule has 1 saturated heterocycles. The number of hydrogen-bond donors (Lipinski definition) is 1. The van der Waals surface area contributed by atoms with Crippen LogP contribution in [0.2, 0.25) is 0 Å². The first-order valence-corrected chi connectivity index (χ1v) is 9.55. The Hall–Kier alpha value is -2.95. The van der Waals surface area contributed by atoms with Gasteiger partial charge in [-0.25, -0.2) is 0 Å². The molecule has 2 aliphatic heterocycles. The van der Waals surface area contributed by atoms with Gasteiger partial charge >= 0.3 is 0 Å². The summed E-state index contributed by atoms with van der Waals surface area (Å²) in [6, 6.07) is 13.9. The lowest BCUT2D eigenvalue weighted by Gasteiger charge is -2.44. The van der Waals surface area contributed by atoms with E-state index < -0.39 is 0 Å². The number of carbonyl (C=O) groups is 1. The number of piperidine rings is 1. The molecule has 5 nitrogen and oxygen atoms in total. The molecule has 1 amide bonds. The van der Waals surface area contributed by atoms with Gasteiger partial charge in [0.1, 0.15) is 0 Å². The predicted molar refractivity (Wildman–Crippen MR) is 107 cm³/mol. The molecule has 0 spiro atoms. The molecule has 2 heterocycles. The number of rotatable bonds is 3. The maximum absolute atomic E-state index is 13.3. The van der Waals surface area contributed by atoms with Crippen molar-refractivity contribution >= 4 is 5.91 Å². The quantitative estimate of drug-likeness (QED) is 0.643. The first-order chi connectivity index (χ1) is 13.5. The van der Waals surface area contributed by atoms with Gasteiger partial charge < -0.3 is 19.5 Å². The van der Waals surface area contributed by atoms with Gasteiger partial charge in [-0.2, -0.15) is 0 Å². The van der Waals surface area contributed by atoms with Gasteiger partial charge in [0.25, 0.3) is 5.91 Å². The van der Waals surface area contributed by atoms with Gasteiger partial charge in [0.15, 0.2) is 11.5 Å². The van der Waals surface area contributed by atoms with Crippen molar-refractivity contribution in [3.05, 3.63) is 70.5 Å². The first-order valence-electron chi connectivity index (χ1n) is 9.55. The Morgan fingerprint density at radius 1 is 1.11 bits per heavy atom. The molecule has 1 fully saturated rings. The fourth-order valence-corrected chi connectivity index (χ4v) is 4.57. The molecule has 1 N–H and O–H groups in total. The zero-order valence-corrected chi connectivity index (χ0v) is 16.4. The predicted octanol–water partition coefficient (Wildman–Crippen LogP) is 4.15. The second-order valence-electron chi connectivity index (χ2n) is 7.37. The summed E-state index contributed by atoms with van der Waals surface area (Å²) >= 11 is 0. The van der Waals surface area contributed by atoms with Gasteiger partial charge in [-0.1, -0.05) is 30.3 Å². The number of amides is 1. The number of aliphatic hydroxyl groups is 1. The summed E-state index contributed by atoms with van der Waals surface area (Å²) in [6.07, 6.45) is 1.48. The van der Waals surface area contributed by atoms with E-state index in [9.17, 15) is 9.90 Å². The van der Waals surface area contributed by atoms with Crippen LogP contribution in [0.5, 0.6) is 11.5 Å². The number of benzene rings is 2. The molecule has 2 aromatic carbocycles. The van der Waals surface area contributed by atoms with E-state index in [0.29, 0.717) is 23.6 Å². The molecule has 2 aromatic rings. The zero-order valence-electron chi connectivity index (χ0n) is 16.4. The average molecular weight is 379 g/mol. The lowest BCUT2D eigenvalue weighted by Crippen LogP contribution is -2.46. The van der Waals surface area contributed by atoms with E-state index in [4.69, 9.17) is 9.47 Å². The second-order valence-corrected chi connectivity index (χ2v) is 7.37. The maximum atomic E-state index is 13.3. The van der Waals surface area contributed by atoms with Gasteiger partial charge in [0.2, 0.25) is 0 Å². The van der Waals surface area contributed by atoms with E-state index in [1.807, 2.05) is 47.4 Å². The Bertz CT molecular complexity index is 931. The molecule has 2 aliphatic rings. The highest BCUT2D eigenvalue weighted by atomic mass is 16.5. The summed E-state index contributed by atoms with van der Waals surface area (Å²) in [5.41, 5.74) is 3.84. The number of methoxy groups -OCH3 is 2. The van der Waals surface area contributed by atoms with Crippen molar-refractivity contribution in [2.45, 2.75) is 31.7 Å². The molecule has 0 unspecified atom stereocenters. The molecule has 0 aliphatic carbocycles. The topological polar surface area (TPSA) is 59.0 Å². The highest BCUT2D eigenvalue weighted by Gasteiger charge is 2.43. The van der Waals surface area contributed by atoms with Crippen molar-refractivity contribution in [1.82, 2.24) is 4.90 Å². The Kier molecular flexibility index (Phi) is 4.75. The number of nitrogens with zero attached hydrogens (tertiary/aromatic N) is 1. The van der Waals surface area contributed by atoms with Crippen LogP contribution < -0.4 is 9.47 Å². The van der Waals surface area contributed by atoms with Crippen molar-refractivity contribution in [1.29, 1.82) is 0 Å². The lowest BCUT2D eigenvalue weighted by atomic mass is 9.76. The summed E-state index contributed by atoms with van der Waals surface area (Å²) in [5.74, 6) is 1.27. The fraction of sp³-hybridized carbons (Fsp3) is 0.348. The third kappa shape index (κ3) is 2.91. The molecule has 0 saturated carbocycles. The fourth-order valence-electron chi connectivity index (χ4n) is 4.57. The van der Waals surface area contributed by atoms with Crippen molar-refractivity contribution in [2.24, 2.45) is 0 Å². The minimum Gasteiger partial charge on any atom is -0.512 e. The molecule has 0 aromatic heterocycles. The molecule has 5 heteroatoms. The van der Waals surface area contributed by atoms with Crippen molar-refractivity contribution in [2.75, 3.05) is 20.8 Å². The van der Waals surface area contributed by atoms with Gasteiger partial charge in [0.05, 0.1) is 31.6 Å². The lowest BCUT2D eigenvalue weighted by molar-refractivity contribution is -0.132. The SMILES string of the molecule is COc1cc2c(cc1OC)[C@@H]1C[C@@H](c3ccccc3)/C(=C(\C)O)C(=O)N1CC2. The van der Waals surface area contributed by atoms with E-state index in [2.05, 4.69) is 0 Å². The molecule has 146 valence electrons.